The first-order chi connectivity index (χ1) is 16.8. The van der Waals surface area contributed by atoms with Crippen LogP contribution in [0.25, 0.3) is 11.5 Å². The van der Waals surface area contributed by atoms with Gasteiger partial charge in [-0.3, -0.25) is 0 Å². The number of methoxy groups -OCH3 is 1. The molecule has 1 aromatic carbocycles. The number of carbonyl (C=O) groups excluding carboxylic acids is 1. The van der Waals surface area contributed by atoms with Gasteiger partial charge in [-0.05, 0) is 51.7 Å². The summed E-state index contributed by atoms with van der Waals surface area (Å²) in [6.45, 7) is 6.21. The zero-order chi connectivity index (χ0) is 24.6. The minimum atomic E-state index is -0.570. The third kappa shape index (κ3) is 4.88. The molecule has 2 aromatic heterocycles. The molecule has 1 unspecified atom stereocenters. The molecular formula is C27H32N4O4. The van der Waals surface area contributed by atoms with Crippen molar-refractivity contribution in [2.75, 3.05) is 13.7 Å². The van der Waals surface area contributed by atoms with Crippen LogP contribution in [0.5, 0.6) is 5.88 Å². The molecule has 8 nitrogen and oxygen atoms in total. The molecular weight excluding hydrogens is 444 g/mol. The molecule has 0 saturated heterocycles. The highest BCUT2D eigenvalue weighted by Crippen LogP contribution is 2.49. The smallest absolute Gasteiger partial charge is 0.410 e. The van der Waals surface area contributed by atoms with E-state index >= 15 is 0 Å². The van der Waals surface area contributed by atoms with Crippen molar-refractivity contribution >= 4 is 6.09 Å². The number of hydrogen-bond donors (Lipinski definition) is 0. The zero-order valence-corrected chi connectivity index (χ0v) is 20.7. The van der Waals surface area contributed by atoms with Crippen molar-refractivity contribution in [2.24, 2.45) is 0 Å². The second-order valence-electron chi connectivity index (χ2n) is 10.6. The molecule has 2 saturated carbocycles. The van der Waals surface area contributed by atoms with E-state index in [0.29, 0.717) is 30.1 Å². The average molecular weight is 477 g/mol. The van der Waals surface area contributed by atoms with Crippen LogP contribution in [0, 0.1) is 0 Å². The summed E-state index contributed by atoms with van der Waals surface area (Å²) in [5, 5.41) is 4.35. The highest BCUT2D eigenvalue weighted by atomic mass is 16.6. The van der Waals surface area contributed by atoms with Crippen molar-refractivity contribution < 1.29 is 18.8 Å². The maximum Gasteiger partial charge on any atom is 0.410 e. The molecule has 2 fully saturated rings. The molecule has 0 radical (unpaired) electrons. The number of rotatable bonds is 7. The highest BCUT2D eigenvalue weighted by molar-refractivity contribution is 5.70. The number of benzene rings is 1. The third-order valence-corrected chi connectivity index (χ3v) is 6.89. The van der Waals surface area contributed by atoms with Crippen LogP contribution in [0.4, 0.5) is 4.79 Å². The molecule has 2 heterocycles. The summed E-state index contributed by atoms with van der Waals surface area (Å²) in [6.07, 6.45) is 5.15. The Bertz CT molecular complexity index is 1170. The van der Waals surface area contributed by atoms with Crippen LogP contribution in [0.15, 0.2) is 53.2 Å². The van der Waals surface area contributed by atoms with Gasteiger partial charge in [0.05, 0.1) is 18.1 Å². The summed E-state index contributed by atoms with van der Waals surface area (Å²) in [7, 11) is 1.58. The highest BCUT2D eigenvalue weighted by Gasteiger charge is 2.52. The molecule has 2 aliphatic carbocycles. The van der Waals surface area contributed by atoms with Gasteiger partial charge in [0.15, 0.2) is 5.82 Å². The Labute approximate surface area is 205 Å². The standard InChI is InChI=1S/C27H32N4O4/c1-26(2,3)34-25(32)31(21-15-20(21)18-9-6-5-7-10-18)17-27(13-8-14-27)24-29-23(35-30-24)19-11-12-22(33-4)28-16-19/h5-7,9-12,16,20-21H,8,13-15,17H2,1-4H3/t20-,21?/m1/s1. The molecule has 184 valence electrons. The number of hydrogen-bond acceptors (Lipinski definition) is 7. The van der Waals surface area contributed by atoms with E-state index in [9.17, 15) is 4.79 Å². The van der Waals surface area contributed by atoms with E-state index in [1.807, 2.05) is 49.9 Å². The molecule has 0 N–H and O–H groups in total. The van der Waals surface area contributed by atoms with Crippen molar-refractivity contribution in [3.8, 4) is 17.3 Å². The van der Waals surface area contributed by atoms with Crippen LogP contribution in [0.2, 0.25) is 0 Å². The van der Waals surface area contributed by atoms with E-state index in [4.69, 9.17) is 19.0 Å². The van der Waals surface area contributed by atoms with E-state index in [-0.39, 0.29) is 17.6 Å². The van der Waals surface area contributed by atoms with Gasteiger partial charge in [-0.1, -0.05) is 41.9 Å². The van der Waals surface area contributed by atoms with Crippen LogP contribution in [-0.2, 0) is 10.2 Å². The molecule has 1 amide bonds. The zero-order valence-electron chi connectivity index (χ0n) is 20.7. The fourth-order valence-electron chi connectivity index (χ4n) is 4.79. The van der Waals surface area contributed by atoms with Crippen LogP contribution < -0.4 is 4.74 Å². The van der Waals surface area contributed by atoms with Crippen molar-refractivity contribution in [1.82, 2.24) is 20.0 Å². The summed E-state index contributed by atoms with van der Waals surface area (Å²) in [4.78, 5) is 24.3. The summed E-state index contributed by atoms with van der Waals surface area (Å²) in [5.41, 5.74) is 1.07. The summed E-state index contributed by atoms with van der Waals surface area (Å²) in [6, 6.07) is 14.1. The Kier molecular flexibility index (Phi) is 5.99. The summed E-state index contributed by atoms with van der Waals surface area (Å²) < 4.78 is 16.6. The van der Waals surface area contributed by atoms with E-state index < -0.39 is 5.60 Å². The molecule has 0 aliphatic heterocycles. The van der Waals surface area contributed by atoms with E-state index in [2.05, 4.69) is 22.3 Å². The monoisotopic (exact) mass is 476 g/mol. The second kappa shape index (κ2) is 8.98. The third-order valence-electron chi connectivity index (χ3n) is 6.89. The largest absolute Gasteiger partial charge is 0.481 e. The number of ether oxygens (including phenoxy) is 2. The Balaban J connectivity index is 1.39. The molecule has 8 heteroatoms. The van der Waals surface area contributed by atoms with Gasteiger partial charge in [0.25, 0.3) is 5.89 Å². The predicted octanol–water partition coefficient (Wildman–Crippen LogP) is 5.36. The van der Waals surface area contributed by atoms with Crippen LogP contribution >= 0.6 is 0 Å². The van der Waals surface area contributed by atoms with Crippen molar-refractivity contribution in [3.63, 3.8) is 0 Å². The first-order valence-electron chi connectivity index (χ1n) is 12.2. The summed E-state index contributed by atoms with van der Waals surface area (Å²) in [5.74, 6) is 1.89. The van der Waals surface area contributed by atoms with Crippen molar-refractivity contribution in [3.05, 3.63) is 60.0 Å². The molecule has 0 spiro atoms. The lowest BCUT2D eigenvalue weighted by Crippen LogP contribution is -2.50. The van der Waals surface area contributed by atoms with Gasteiger partial charge in [-0.15, -0.1) is 0 Å². The average Bonchev–Trinajstić information content (AvgIpc) is 3.45. The van der Waals surface area contributed by atoms with Gasteiger partial charge in [0.1, 0.15) is 5.60 Å². The van der Waals surface area contributed by atoms with Crippen LogP contribution in [0.1, 0.15) is 63.8 Å². The first kappa shape index (κ1) is 23.3. The van der Waals surface area contributed by atoms with Crippen LogP contribution in [-0.4, -0.2) is 51.4 Å². The molecule has 0 bridgehead atoms. The lowest BCUT2D eigenvalue weighted by Gasteiger charge is -2.43. The van der Waals surface area contributed by atoms with Crippen LogP contribution in [0.3, 0.4) is 0 Å². The topological polar surface area (TPSA) is 90.6 Å². The summed E-state index contributed by atoms with van der Waals surface area (Å²) >= 11 is 0. The number of carbonyl (C=O) groups is 1. The molecule has 5 rings (SSSR count). The van der Waals surface area contributed by atoms with E-state index in [1.165, 1.54) is 5.56 Å². The normalized spacial score (nSPS) is 20.6. The van der Waals surface area contributed by atoms with Crippen molar-refractivity contribution in [1.29, 1.82) is 0 Å². The SMILES string of the molecule is COc1ccc(-c2nc(C3(CN(C(=O)OC(C)(C)C)C4C[C@@H]4c4ccccc4)CCC3)no2)cn1. The van der Waals surface area contributed by atoms with Gasteiger partial charge < -0.3 is 18.9 Å². The van der Waals surface area contributed by atoms with E-state index in [1.54, 1.807) is 19.4 Å². The Morgan fingerprint density at radius 3 is 2.54 bits per heavy atom. The van der Waals surface area contributed by atoms with E-state index in [0.717, 1.165) is 31.2 Å². The minimum absolute atomic E-state index is 0.0990. The predicted molar refractivity (Wildman–Crippen MR) is 130 cm³/mol. The fraction of sp³-hybridized carbons (Fsp3) is 0.481. The molecule has 3 aromatic rings. The maximum absolute atomic E-state index is 13.4. The molecule has 2 atom stereocenters. The number of aromatic nitrogens is 3. The molecule has 2 aliphatic rings. The quantitative estimate of drug-likeness (QED) is 0.454. The number of nitrogens with zero attached hydrogens (tertiary/aromatic N) is 4. The van der Waals surface area contributed by atoms with Crippen molar-refractivity contribution in [2.45, 2.75) is 69.4 Å². The number of pyridine rings is 1. The van der Waals surface area contributed by atoms with Gasteiger partial charge in [0, 0.05) is 30.8 Å². The van der Waals surface area contributed by atoms with Gasteiger partial charge in [-0.2, -0.15) is 4.98 Å². The Morgan fingerprint density at radius 1 is 1.17 bits per heavy atom. The van der Waals surface area contributed by atoms with Gasteiger partial charge in [-0.25, -0.2) is 9.78 Å². The Hall–Kier alpha value is -3.42. The lowest BCUT2D eigenvalue weighted by atomic mass is 9.67. The van der Waals surface area contributed by atoms with Gasteiger partial charge >= 0.3 is 6.09 Å². The fourth-order valence-corrected chi connectivity index (χ4v) is 4.79. The molecule has 35 heavy (non-hydrogen) atoms. The number of amides is 1. The Morgan fingerprint density at radius 2 is 1.94 bits per heavy atom. The first-order valence-corrected chi connectivity index (χ1v) is 12.2. The van der Waals surface area contributed by atoms with Gasteiger partial charge in [0.2, 0.25) is 5.88 Å². The maximum atomic E-state index is 13.4. The minimum Gasteiger partial charge on any atom is -0.481 e. The second-order valence-corrected chi connectivity index (χ2v) is 10.6. The lowest BCUT2D eigenvalue weighted by molar-refractivity contribution is 0.0123.